The second-order valence-corrected chi connectivity index (χ2v) is 5.57. The Hall–Kier alpha value is -0.290. The minimum Gasteiger partial charge on any atom is -0.371 e. The highest BCUT2D eigenvalue weighted by Gasteiger charge is 2.34. The third kappa shape index (κ3) is 5.73. The van der Waals surface area contributed by atoms with E-state index in [2.05, 4.69) is 5.32 Å². The van der Waals surface area contributed by atoms with Crippen LogP contribution in [0.2, 0.25) is 0 Å². The molecule has 17 heavy (non-hydrogen) atoms. The zero-order valence-corrected chi connectivity index (χ0v) is 10.7. The maximum atomic E-state index is 12.0. The molecule has 5 heteroatoms. The molecule has 0 aromatic rings. The fourth-order valence-electron chi connectivity index (χ4n) is 1.49. The number of alkyl halides is 3. The molecule has 0 bridgehead atoms. The van der Waals surface area contributed by atoms with Crippen molar-refractivity contribution < 1.29 is 17.9 Å². The van der Waals surface area contributed by atoms with Gasteiger partial charge in [0.25, 0.3) is 0 Å². The van der Waals surface area contributed by atoms with Crippen molar-refractivity contribution in [3.05, 3.63) is 0 Å². The molecule has 1 rings (SSSR count). The first kappa shape index (κ1) is 14.8. The number of rotatable bonds is 7. The zero-order chi connectivity index (χ0) is 13.1. The molecule has 0 spiro atoms. The molecular weight excluding hydrogens is 231 g/mol. The first-order chi connectivity index (χ1) is 7.73. The first-order valence-electron chi connectivity index (χ1n) is 6.11. The summed E-state index contributed by atoms with van der Waals surface area (Å²) in [7, 11) is 0. The van der Waals surface area contributed by atoms with E-state index < -0.39 is 12.8 Å². The summed E-state index contributed by atoms with van der Waals surface area (Å²) in [6.07, 6.45) is -1.88. The minimum atomic E-state index is -4.23. The SMILES string of the molecule is CC(C)C(C)(CNC1CC1)COCC(F)(F)F. The second kappa shape index (κ2) is 5.57. The van der Waals surface area contributed by atoms with E-state index in [0.717, 1.165) is 0 Å². The second-order valence-electron chi connectivity index (χ2n) is 5.57. The van der Waals surface area contributed by atoms with Crippen molar-refractivity contribution in [1.82, 2.24) is 5.32 Å². The van der Waals surface area contributed by atoms with Gasteiger partial charge in [0.15, 0.2) is 0 Å². The van der Waals surface area contributed by atoms with Gasteiger partial charge in [-0.05, 0) is 18.8 Å². The fraction of sp³-hybridized carbons (Fsp3) is 1.00. The summed E-state index contributed by atoms with van der Waals surface area (Å²) in [5, 5.41) is 3.36. The van der Waals surface area contributed by atoms with Gasteiger partial charge >= 0.3 is 6.18 Å². The maximum Gasteiger partial charge on any atom is 0.411 e. The summed E-state index contributed by atoms with van der Waals surface area (Å²) < 4.78 is 40.9. The van der Waals surface area contributed by atoms with E-state index in [1.165, 1.54) is 12.8 Å². The summed E-state index contributed by atoms with van der Waals surface area (Å²) in [6.45, 7) is 5.72. The molecule has 0 aliphatic heterocycles. The van der Waals surface area contributed by atoms with Crippen LogP contribution in [0.3, 0.4) is 0 Å². The summed E-state index contributed by atoms with van der Waals surface area (Å²) >= 11 is 0. The van der Waals surface area contributed by atoms with E-state index in [0.29, 0.717) is 12.6 Å². The number of halogens is 3. The quantitative estimate of drug-likeness (QED) is 0.753. The predicted octanol–water partition coefficient (Wildman–Crippen LogP) is 2.98. The Morgan fingerprint density at radius 1 is 1.24 bits per heavy atom. The Kier molecular flexibility index (Phi) is 4.84. The molecule has 2 nitrogen and oxygen atoms in total. The Labute approximate surface area is 101 Å². The Balaban J connectivity index is 2.34. The van der Waals surface area contributed by atoms with Gasteiger partial charge in [-0.2, -0.15) is 13.2 Å². The molecule has 0 heterocycles. The van der Waals surface area contributed by atoms with Gasteiger partial charge in [-0.1, -0.05) is 20.8 Å². The molecule has 0 aromatic carbocycles. The third-order valence-electron chi connectivity index (χ3n) is 3.46. The van der Waals surface area contributed by atoms with Crippen molar-refractivity contribution in [3.63, 3.8) is 0 Å². The van der Waals surface area contributed by atoms with Crippen LogP contribution in [0.25, 0.3) is 0 Å². The van der Waals surface area contributed by atoms with Crippen LogP contribution in [0.1, 0.15) is 33.6 Å². The Morgan fingerprint density at radius 3 is 2.24 bits per heavy atom. The fourth-order valence-corrected chi connectivity index (χ4v) is 1.49. The lowest BCUT2D eigenvalue weighted by Gasteiger charge is -2.34. The largest absolute Gasteiger partial charge is 0.411 e. The van der Waals surface area contributed by atoms with Gasteiger partial charge in [-0.3, -0.25) is 0 Å². The van der Waals surface area contributed by atoms with Gasteiger partial charge in [-0.15, -0.1) is 0 Å². The lowest BCUT2D eigenvalue weighted by atomic mass is 9.79. The highest BCUT2D eigenvalue weighted by molar-refractivity contribution is 4.87. The van der Waals surface area contributed by atoms with E-state index in [4.69, 9.17) is 4.74 Å². The van der Waals surface area contributed by atoms with Crippen LogP contribution in [-0.4, -0.2) is 32.0 Å². The maximum absolute atomic E-state index is 12.0. The highest BCUT2D eigenvalue weighted by atomic mass is 19.4. The van der Waals surface area contributed by atoms with Crippen LogP contribution in [0.15, 0.2) is 0 Å². The van der Waals surface area contributed by atoms with Gasteiger partial charge in [0.05, 0.1) is 6.61 Å². The molecule has 1 N–H and O–H groups in total. The van der Waals surface area contributed by atoms with E-state index >= 15 is 0 Å². The van der Waals surface area contributed by atoms with Crippen LogP contribution in [0.4, 0.5) is 13.2 Å². The molecule has 1 saturated carbocycles. The van der Waals surface area contributed by atoms with Gasteiger partial charge in [0.2, 0.25) is 0 Å². The molecule has 1 aliphatic rings. The number of hydrogen-bond acceptors (Lipinski definition) is 2. The molecule has 1 aliphatic carbocycles. The predicted molar refractivity (Wildman–Crippen MR) is 60.8 cm³/mol. The third-order valence-corrected chi connectivity index (χ3v) is 3.46. The summed E-state index contributed by atoms with van der Waals surface area (Å²) in [5.41, 5.74) is -0.242. The van der Waals surface area contributed by atoms with Crippen LogP contribution in [0, 0.1) is 11.3 Å². The summed E-state index contributed by atoms with van der Waals surface area (Å²) in [5.74, 6) is 0.280. The summed E-state index contributed by atoms with van der Waals surface area (Å²) in [6, 6.07) is 0.565. The normalized spacial score (nSPS) is 20.6. The molecule has 0 radical (unpaired) electrons. The molecule has 0 aromatic heterocycles. The average Bonchev–Trinajstić information content (AvgIpc) is 2.95. The van der Waals surface area contributed by atoms with Crippen LogP contribution >= 0.6 is 0 Å². The van der Waals surface area contributed by atoms with E-state index in [-0.39, 0.29) is 17.9 Å². The summed E-state index contributed by atoms with van der Waals surface area (Å²) in [4.78, 5) is 0. The number of hydrogen-bond donors (Lipinski definition) is 1. The van der Waals surface area contributed by atoms with Gasteiger partial charge < -0.3 is 10.1 Å². The number of nitrogens with one attached hydrogen (secondary N) is 1. The van der Waals surface area contributed by atoms with E-state index in [9.17, 15) is 13.2 Å². The van der Waals surface area contributed by atoms with Crippen molar-refractivity contribution in [2.24, 2.45) is 11.3 Å². The van der Waals surface area contributed by atoms with Crippen LogP contribution < -0.4 is 5.32 Å². The van der Waals surface area contributed by atoms with E-state index in [1.54, 1.807) is 0 Å². The van der Waals surface area contributed by atoms with Crippen LogP contribution in [-0.2, 0) is 4.74 Å². The van der Waals surface area contributed by atoms with Crippen molar-refractivity contribution in [2.75, 3.05) is 19.8 Å². The highest BCUT2D eigenvalue weighted by Crippen LogP contribution is 2.29. The monoisotopic (exact) mass is 253 g/mol. The molecular formula is C12H22F3NO. The standard InChI is InChI=1S/C12H22F3NO/c1-9(2)11(3,6-16-10-4-5-10)7-17-8-12(13,14)15/h9-10,16H,4-8H2,1-3H3. The van der Waals surface area contributed by atoms with E-state index in [1.807, 2.05) is 20.8 Å². The molecule has 1 unspecified atom stereocenters. The minimum absolute atomic E-state index is 0.143. The molecule has 1 fully saturated rings. The smallest absolute Gasteiger partial charge is 0.371 e. The zero-order valence-electron chi connectivity index (χ0n) is 10.7. The van der Waals surface area contributed by atoms with Gasteiger partial charge in [0, 0.05) is 18.0 Å². The average molecular weight is 253 g/mol. The van der Waals surface area contributed by atoms with Gasteiger partial charge in [-0.25, -0.2) is 0 Å². The van der Waals surface area contributed by atoms with Crippen molar-refractivity contribution in [3.8, 4) is 0 Å². The molecule has 0 amide bonds. The van der Waals surface area contributed by atoms with Crippen molar-refractivity contribution in [2.45, 2.75) is 45.8 Å². The van der Waals surface area contributed by atoms with Crippen molar-refractivity contribution in [1.29, 1.82) is 0 Å². The van der Waals surface area contributed by atoms with Gasteiger partial charge in [0.1, 0.15) is 6.61 Å². The van der Waals surface area contributed by atoms with Crippen molar-refractivity contribution >= 4 is 0 Å². The topological polar surface area (TPSA) is 21.3 Å². The Bertz CT molecular complexity index is 238. The molecule has 1 atom stereocenters. The first-order valence-corrected chi connectivity index (χ1v) is 6.11. The molecule has 102 valence electrons. The lowest BCUT2D eigenvalue weighted by molar-refractivity contribution is -0.181. The lowest BCUT2D eigenvalue weighted by Crippen LogP contribution is -2.41. The van der Waals surface area contributed by atoms with Crippen LogP contribution in [0.5, 0.6) is 0 Å². The molecule has 0 saturated heterocycles. The Morgan fingerprint density at radius 2 is 1.82 bits per heavy atom. The number of ether oxygens (including phenoxy) is 1.